The van der Waals surface area contributed by atoms with E-state index in [1.54, 1.807) is 0 Å². The molecule has 2 aliphatic heterocycles. The Morgan fingerprint density at radius 3 is 2.57 bits per heavy atom. The number of likely N-dealkylation sites (tertiary alicyclic amines) is 1. The molecule has 0 aromatic heterocycles. The zero-order chi connectivity index (χ0) is 20.8. The predicted octanol–water partition coefficient (Wildman–Crippen LogP) is 5.08. The average molecular weight is 445 g/mol. The first kappa shape index (κ1) is 20.2. The summed E-state index contributed by atoms with van der Waals surface area (Å²) in [4.78, 5) is 16.6. The van der Waals surface area contributed by atoms with E-state index in [1.165, 1.54) is 23.8 Å². The number of hydrogen-bond donors (Lipinski definition) is 0. The second-order valence-corrected chi connectivity index (χ2v) is 9.50. The fraction of sp³-hybridized carbons (Fsp3) is 0.458. The summed E-state index contributed by atoms with van der Waals surface area (Å²) in [6.07, 6.45) is 3.15. The molecule has 0 bridgehead atoms. The molecule has 1 aliphatic carbocycles. The second kappa shape index (κ2) is 8.07. The molecular formula is C24H26Cl2N2O2. The van der Waals surface area contributed by atoms with Gasteiger partial charge in [0.25, 0.3) is 0 Å². The fourth-order valence-corrected chi connectivity index (χ4v) is 5.98. The van der Waals surface area contributed by atoms with Crippen molar-refractivity contribution in [3.05, 3.63) is 63.1 Å². The summed E-state index contributed by atoms with van der Waals surface area (Å²) in [6.45, 7) is 3.67. The Bertz CT molecular complexity index is 953. The highest BCUT2D eigenvalue weighted by Gasteiger charge is 2.37. The number of para-hydroxylation sites is 1. The Labute approximate surface area is 187 Å². The number of rotatable bonds is 4. The van der Waals surface area contributed by atoms with Gasteiger partial charge in [-0.2, -0.15) is 0 Å². The molecule has 2 fully saturated rings. The van der Waals surface area contributed by atoms with Gasteiger partial charge in [0.2, 0.25) is 0 Å². The Morgan fingerprint density at radius 1 is 1.07 bits per heavy atom. The van der Waals surface area contributed by atoms with E-state index in [0.717, 1.165) is 51.1 Å². The Hall–Kier alpha value is -1.75. The summed E-state index contributed by atoms with van der Waals surface area (Å²) in [6, 6.07) is 13.1. The monoisotopic (exact) mass is 444 g/mol. The van der Waals surface area contributed by atoms with Crippen molar-refractivity contribution in [2.45, 2.75) is 31.2 Å². The van der Waals surface area contributed by atoms with Gasteiger partial charge in [-0.25, -0.2) is 0 Å². The number of benzene rings is 2. The number of esters is 1. The highest BCUT2D eigenvalue weighted by atomic mass is 35.5. The highest BCUT2D eigenvalue weighted by Crippen LogP contribution is 2.43. The normalized spacial score (nSPS) is 24.0. The van der Waals surface area contributed by atoms with Gasteiger partial charge >= 0.3 is 5.97 Å². The molecule has 0 N–H and O–H groups in total. The number of fused-ring (bicyclic) bond motifs is 1. The molecule has 3 aliphatic rings. The van der Waals surface area contributed by atoms with Crippen molar-refractivity contribution in [3.8, 4) is 0 Å². The molecule has 6 heteroatoms. The van der Waals surface area contributed by atoms with E-state index in [-0.39, 0.29) is 11.9 Å². The second-order valence-electron chi connectivity index (χ2n) is 8.69. The molecule has 2 saturated heterocycles. The van der Waals surface area contributed by atoms with Crippen LogP contribution in [-0.4, -0.2) is 44.2 Å². The lowest BCUT2D eigenvalue weighted by molar-refractivity contribution is -0.145. The van der Waals surface area contributed by atoms with Gasteiger partial charge in [0, 0.05) is 31.6 Å². The summed E-state index contributed by atoms with van der Waals surface area (Å²) in [5.41, 5.74) is 5.26. The maximum Gasteiger partial charge on any atom is 0.310 e. The molecule has 30 heavy (non-hydrogen) atoms. The smallest absolute Gasteiger partial charge is 0.310 e. The summed E-state index contributed by atoms with van der Waals surface area (Å²) in [5, 5.41) is 1.43. The lowest BCUT2D eigenvalue weighted by atomic mass is 9.89. The van der Waals surface area contributed by atoms with Crippen molar-refractivity contribution in [3.63, 3.8) is 0 Å². The lowest BCUT2D eigenvalue weighted by Crippen LogP contribution is -2.45. The maximum absolute atomic E-state index is 11.9. The Morgan fingerprint density at radius 2 is 1.83 bits per heavy atom. The molecule has 0 radical (unpaired) electrons. The molecule has 4 nitrogen and oxygen atoms in total. The molecule has 2 heterocycles. The van der Waals surface area contributed by atoms with Gasteiger partial charge < -0.3 is 9.64 Å². The fourth-order valence-electron chi connectivity index (χ4n) is 5.34. The largest absolute Gasteiger partial charge is 0.469 e. The lowest BCUT2D eigenvalue weighted by Gasteiger charge is -2.42. The van der Waals surface area contributed by atoms with E-state index in [4.69, 9.17) is 27.9 Å². The van der Waals surface area contributed by atoms with Gasteiger partial charge in [0.05, 0.1) is 28.8 Å². The Balaban J connectivity index is 1.26. The first-order chi connectivity index (χ1) is 14.5. The quantitative estimate of drug-likeness (QED) is 0.615. The minimum atomic E-state index is -0.0702. The summed E-state index contributed by atoms with van der Waals surface area (Å²) in [5.74, 6) is 0.465. The van der Waals surface area contributed by atoms with Gasteiger partial charge in [0.15, 0.2) is 0 Å². The van der Waals surface area contributed by atoms with Gasteiger partial charge in [-0.1, -0.05) is 47.5 Å². The van der Waals surface area contributed by atoms with Crippen molar-refractivity contribution in [2.75, 3.05) is 38.2 Å². The summed E-state index contributed by atoms with van der Waals surface area (Å²) in [7, 11) is 1.48. The zero-order valence-corrected chi connectivity index (χ0v) is 18.6. The van der Waals surface area contributed by atoms with Crippen LogP contribution >= 0.6 is 23.2 Å². The van der Waals surface area contributed by atoms with Crippen molar-refractivity contribution in [1.29, 1.82) is 0 Å². The number of hydrogen-bond acceptors (Lipinski definition) is 4. The van der Waals surface area contributed by atoms with Crippen LogP contribution in [0.4, 0.5) is 5.69 Å². The number of anilines is 1. The number of ether oxygens (including phenoxy) is 1. The summed E-state index contributed by atoms with van der Waals surface area (Å²) < 4.78 is 4.94. The van der Waals surface area contributed by atoms with Gasteiger partial charge in [-0.05, 0) is 54.6 Å². The number of aryl methyl sites for hydroxylation is 1. The molecule has 0 saturated carbocycles. The number of carbonyl (C=O) groups excluding carboxylic acids is 1. The van der Waals surface area contributed by atoms with Crippen LogP contribution in [-0.2, 0) is 16.0 Å². The molecule has 0 spiro atoms. The van der Waals surface area contributed by atoms with Gasteiger partial charge in [-0.3, -0.25) is 9.69 Å². The van der Waals surface area contributed by atoms with E-state index in [1.807, 2.05) is 18.2 Å². The van der Waals surface area contributed by atoms with Crippen molar-refractivity contribution in [2.24, 2.45) is 5.92 Å². The molecule has 2 atom stereocenters. The molecule has 158 valence electrons. The van der Waals surface area contributed by atoms with Gasteiger partial charge in [0.1, 0.15) is 0 Å². The minimum absolute atomic E-state index is 0.0240. The molecule has 5 rings (SSSR count). The number of halogens is 2. The molecular weight excluding hydrogens is 419 g/mol. The molecule has 2 aromatic rings. The van der Waals surface area contributed by atoms with E-state index in [2.05, 4.69) is 28.0 Å². The highest BCUT2D eigenvalue weighted by molar-refractivity contribution is 6.39. The number of nitrogens with zero attached hydrogens (tertiary/aromatic N) is 2. The van der Waals surface area contributed by atoms with Gasteiger partial charge in [-0.15, -0.1) is 0 Å². The van der Waals surface area contributed by atoms with Crippen LogP contribution in [0.25, 0.3) is 0 Å². The maximum atomic E-state index is 11.9. The van der Waals surface area contributed by atoms with Crippen LogP contribution in [0.2, 0.25) is 10.0 Å². The summed E-state index contributed by atoms with van der Waals surface area (Å²) >= 11 is 12.7. The van der Waals surface area contributed by atoms with Crippen LogP contribution in [0, 0.1) is 5.92 Å². The topological polar surface area (TPSA) is 32.8 Å². The Kier molecular flexibility index (Phi) is 5.42. The third-order valence-corrected chi connectivity index (χ3v) is 7.62. The third kappa shape index (κ3) is 3.49. The van der Waals surface area contributed by atoms with Crippen LogP contribution in [0.3, 0.4) is 0 Å². The predicted molar refractivity (Wildman–Crippen MR) is 121 cm³/mol. The van der Waals surface area contributed by atoms with Crippen LogP contribution in [0.1, 0.15) is 41.5 Å². The van der Waals surface area contributed by atoms with Crippen LogP contribution in [0.15, 0.2) is 36.4 Å². The van der Waals surface area contributed by atoms with Crippen molar-refractivity contribution < 1.29 is 9.53 Å². The molecule has 2 unspecified atom stereocenters. The van der Waals surface area contributed by atoms with Crippen molar-refractivity contribution >= 4 is 34.9 Å². The van der Waals surface area contributed by atoms with E-state index in [0.29, 0.717) is 22.0 Å². The molecule has 0 amide bonds. The number of methoxy groups -OCH3 is 1. The first-order valence-corrected chi connectivity index (χ1v) is 11.4. The number of carbonyl (C=O) groups is 1. The van der Waals surface area contributed by atoms with E-state index in [9.17, 15) is 4.79 Å². The van der Waals surface area contributed by atoms with Crippen LogP contribution < -0.4 is 4.90 Å². The van der Waals surface area contributed by atoms with Crippen LogP contribution in [0.5, 0.6) is 0 Å². The average Bonchev–Trinajstić information content (AvgIpc) is 3.35. The minimum Gasteiger partial charge on any atom is -0.469 e. The van der Waals surface area contributed by atoms with E-state index < -0.39 is 0 Å². The first-order valence-electron chi connectivity index (χ1n) is 10.7. The third-order valence-electron chi connectivity index (χ3n) is 7.01. The van der Waals surface area contributed by atoms with E-state index >= 15 is 0 Å². The molecule has 2 aromatic carbocycles. The van der Waals surface area contributed by atoms with Crippen molar-refractivity contribution in [1.82, 2.24) is 4.90 Å². The standard InChI is InChI=1S/C24H26Cl2N2O2/c1-30-24(29)17-9-10-27(12-17)22-8-6-16-11-15(5-7-19(16)22)18-13-28(14-18)23-20(25)3-2-4-21(23)26/h2-5,7,11,17-18,22H,6,8-10,12-14H2,1H3. The SMILES string of the molecule is COC(=O)C1CCN(C2CCc3cc(C4CN(c5c(Cl)cccc5Cl)C4)ccc32)C1. The zero-order valence-electron chi connectivity index (χ0n) is 17.1.